The molecule has 1 atom stereocenters. The van der Waals surface area contributed by atoms with Crippen LogP contribution in [0.4, 0.5) is 5.95 Å². The summed E-state index contributed by atoms with van der Waals surface area (Å²) in [5, 5.41) is 1.93. The summed E-state index contributed by atoms with van der Waals surface area (Å²) in [5.41, 5.74) is 0. The van der Waals surface area contributed by atoms with E-state index in [1.165, 1.54) is 11.3 Å². The van der Waals surface area contributed by atoms with E-state index in [1.54, 1.807) is 18.5 Å². The Hall–Kier alpha value is -2.02. The van der Waals surface area contributed by atoms with Crippen molar-refractivity contribution in [2.24, 2.45) is 18.0 Å². The Balaban J connectivity index is 1.75. The van der Waals surface area contributed by atoms with Gasteiger partial charge in [-0.05, 0) is 18.9 Å². The second-order valence-corrected chi connectivity index (χ2v) is 5.95. The Morgan fingerprint density at radius 1 is 1.43 bits per heavy atom. The molecule has 1 aliphatic heterocycles. The van der Waals surface area contributed by atoms with Crippen LogP contribution < -0.4 is 9.70 Å². The number of aromatic nitrogens is 3. The summed E-state index contributed by atoms with van der Waals surface area (Å²) in [4.78, 5) is 27.9. The maximum absolute atomic E-state index is 12.4. The number of aryl methyl sites for hydroxylation is 1. The van der Waals surface area contributed by atoms with Crippen molar-refractivity contribution in [2.45, 2.75) is 12.8 Å². The molecule has 1 amide bonds. The molecule has 21 heavy (non-hydrogen) atoms. The van der Waals surface area contributed by atoms with E-state index in [2.05, 4.69) is 19.9 Å². The smallest absolute Gasteiger partial charge is 0.253 e. The summed E-state index contributed by atoms with van der Waals surface area (Å²) in [5.74, 6) is 0.565. The minimum Gasteiger partial charge on any atom is -0.340 e. The van der Waals surface area contributed by atoms with Gasteiger partial charge in [0.15, 0.2) is 4.80 Å². The van der Waals surface area contributed by atoms with Crippen molar-refractivity contribution < 1.29 is 4.79 Å². The molecule has 2 aromatic heterocycles. The maximum Gasteiger partial charge on any atom is 0.253 e. The van der Waals surface area contributed by atoms with Gasteiger partial charge in [-0.25, -0.2) is 9.97 Å². The van der Waals surface area contributed by atoms with Gasteiger partial charge in [-0.1, -0.05) is 0 Å². The van der Waals surface area contributed by atoms with E-state index in [0.29, 0.717) is 12.5 Å². The lowest BCUT2D eigenvalue weighted by atomic mass is 9.98. The highest BCUT2D eigenvalue weighted by Crippen LogP contribution is 2.20. The summed E-state index contributed by atoms with van der Waals surface area (Å²) >= 11 is 1.48. The zero-order chi connectivity index (χ0) is 14.7. The highest BCUT2D eigenvalue weighted by Gasteiger charge is 2.26. The molecule has 0 bridgehead atoms. The average molecular weight is 303 g/mol. The number of nitrogens with zero attached hydrogens (tertiary/aromatic N) is 5. The van der Waals surface area contributed by atoms with Crippen molar-refractivity contribution in [2.75, 3.05) is 18.0 Å². The molecule has 3 rings (SSSR count). The third kappa shape index (κ3) is 3.18. The quantitative estimate of drug-likeness (QED) is 0.837. The zero-order valence-corrected chi connectivity index (χ0v) is 12.7. The number of anilines is 1. The standard InChI is InChI=1S/C14H17N5OS/c1-18-8-9-21-14(18)17-12(20)11-4-2-7-19(10-11)13-15-5-3-6-16-13/h3,5-6,8-9,11H,2,4,7,10H2,1H3. The first-order chi connectivity index (χ1) is 10.2. The highest BCUT2D eigenvalue weighted by atomic mass is 32.1. The molecule has 3 heterocycles. The number of amides is 1. The summed E-state index contributed by atoms with van der Waals surface area (Å²) in [6.45, 7) is 1.53. The van der Waals surface area contributed by atoms with Crippen LogP contribution in [-0.2, 0) is 11.8 Å². The molecule has 0 aliphatic carbocycles. The second-order valence-electron chi connectivity index (χ2n) is 5.08. The van der Waals surface area contributed by atoms with Crippen molar-refractivity contribution in [3.63, 3.8) is 0 Å². The number of thiazole rings is 1. The largest absolute Gasteiger partial charge is 0.340 e. The van der Waals surface area contributed by atoms with Crippen LogP contribution in [0.2, 0.25) is 0 Å². The van der Waals surface area contributed by atoms with E-state index in [0.717, 1.165) is 24.2 Å². The second kappa shape index (κ2) is 6.17. The van der Waals surface area contributed by atoms with Gasteiger partial charge >= 0.3 is 0 Å². The van der Waals surface area contributed by atoms with Gasteiger partial charge < -0.3 is 9.47 Å². The molecular formula is C14H17N5OS. The van der Waals surface area contributed by atoms with Gasteiger partial charge in [0.25, 0.3) is 5.91 Å². The van der Waals surface area contributed by atoms with E-state index >= 15 is 0 Å². The van der Waals surface area contributed by atoms with Crippen LogP contribution in [0.1, 0.15) is 12.8 Å². The first kappa shape index (κ1) is 13.9. The molecule has 1 aliphatic rings. The van der Waals surface area contributed by atoms with Crippen LogP contribution in [-0.4, -0.2) is 33.5 Å². The topological polar surface area (TPSA) is 63.4 Å². The Morgan fingerprint density at radius 3 is 2.95 bits per heavy atom. The molecule has 1 saturated heterocycles. The van der Waals surface area contributed by atoms with Crippen LogP contribution in [0.3, 0.4) is 0 Å². The monoisotopic (exact) mass is 303 g/mol. The first-order valence-corrected chi connectivity index (χ1v) is 7.82. The van der Waals surface area contributed by atoms with Crippen LogP contribution >= 0.6 is 11.3 Å². The molecule has 7 heteroatoms. The van der Waals surface area contributed by atoms with E-state index in [4.69, 9.17) is 0 Å². The highest BCUT2D eigenvalue weighted by molar-refractivity contribution is 7.07. The third-order valence-corrected chi connectivity index (χ3v) is 4.42. The van der Waals surface area contributed by atoms with Gasteiger partial charge in [0.05, 0.1) is 5.92 Å². The SMILES string of the molecule is Cn1ccsc1=NC(=O)C1CCCN(c2ncccn2)C1. The summed E-state index contributed by atoms with van der Waals surface area (Å²) in [6.07, 6.45) is 7.19. The third-order valence-electron chi connectivity index (χ3n) is 3.57. The molecule has 1 unspecified atom stereocenters. The minimum absolute atomic E-state index is 0.0475. The van der Waals surface area contributed by atoms with Gasteiger partial charge in [0.1, 0.15) is 0 Å². The number of hydrogen-bond acceptors (Lipinski definition) is 5. The summed E-state index contributed by atoms with van der Waals surface area (Å²) in [7, 11) is 1.90. The van der Waals surface area contributed by atoms with Crippen LogP contribution in [0, 0.1) is 5.92 Å². The number of carbonyl (C=O) groups is 1. The van der Waals surface area contributed by atoms with E-state index in [-0.39, 0.29) is 11.8 Å². The Bertz CT molecular complexity index is 678. The van der Waals surface area contributed by atoms with Gasteiger partial charge in [0.2, 0.25) is 5.95 Å². The normalized spacial score (nSPS) is 19.8. The molecule has 0 spiro atoms. The fourth-order valence-corrected chi connectivity index (χ4v) is 3.17. The van der Waals surface area contributed by atoms with Gasteiger partial charge in [0, 0.05) is 44.1 Å². The molecule has 0 N–H and O–H groups in total. The molecule has 6 nitrogen and oxygen atoms in total. The predicted molar refractivity (Wildman–Crippen MR) is 80.8 cm³/mol. The average Bonchev–Trinajstić information content (AvgIpc) is 2.93. The zero-order valence-electron chi connectivity index (χ0n) is 11.8. The molecule has 1 fully saturated rings. The minimum atomic E-state index is -0.0790. The van der Waals surface area contributed by atoms with Gasteiger partial charge in [-0.15, -0.1) is 11.3 Å². The molecule has 0 saturated carbocycles. The molecule has 0 radical (unpaired) electrons. The van der Waals surface area contributed by atoms with Crippen molar-refractivity contribution in [3.05, 3.63) is 34.8 Å². The van der Waals surface area contributed by atoms with E-state index in [9.17, 15) is 4.79 Å². The lowest BCUT2D eigenvalue weighted by Crippen LogP contribution is -2.39. The van der Waals surface area contributed by atoms with E-state index < -0.39 is 0 Å². The maximum atomic E-state index is 12.4. The van der Waals surface area contributed by atoms with Gasteiger partial charge in [-0.2, -0.15) is 4.99 Å². The first-order valence-electron chi connectivity index (χ1n) is 6.95. The Morgan fingerprint density at radius 2 is 2.24 bits per heavy atom. The summed E-state index contributed by atoms with van der Waals surface area (Å²) < 4.78 is 1.86. The van der Waals surface area contributed by atoms with Crippen molar-refractivity contribution in [1.29, 1.82) is 0 Å². The van der Waals surface area contributed by atoms with E-state index in [1.807, 2.05) is 23.2 Å². The molecule has 2 aromatic rings. The van der Waals surface area contributed by atoms with Crippen LogP contribution in [0.5, 0.6) is 0 Å². The lowest BCUT2D eigenvalue weighted by Gasteiger charge is -2.30. The molecule has 110 valence electrons. The van der Waals surface area contributed by atoms with Crippen molar-refractivity contribution >= 4 is 23.2 Å². The summed E-state index contributed by atoms with van der Waals surface area (Å²) in [6, 6.07) is 1.79. The van der Waals surface area contributed by atoms with Gasteiger partial charge in [-0.3, -0.25) is 4.79 Å². The molecule has 0 aromatic carbocycles. The number of rotatable bonds is 2. The van der Waals surface area contributed by atoms with Crippen molar-refractivity contribution in [1.82, 2.24) is 14.5 Å². The number of carbonyl (C=O) groups excluding carboxylic acids is 1. The fourth-order valence-electron chi connectivity index (χ4n) is 2.44. The Labute approximate surface area is 126 Å². The van der Waals surface area contributed by atoms with Crippen molar-refractivity contribution in [3.8, 4) is 0 Å². The lowest BCUT2D eigenvalue weighted by molar-refractivity contribution is -0.122. The van der Waals surface area contributed by atoms with Crippen LogP contribution in [0.15, 0.2) is 35.0 Å². The fraction of sp³-hybridized carbons (Fsp3) is 0.429. The number of piperidine rings is 1. The predicted octanol–water partition coefficient (Wildman–Crippen LogP) is 1.22. The molecular weight excluding hydrogens is 286 g/mol. The number of hydrogen-bond donors (Lipinski definition) is 0. The Kier molecular flexibility index (Phi) is 4.10. The van der Waals surface area contributed by atoms with Crippen LogP contribution in [0.25, 0.3) is 0 Å².